The number of aliphatic hydroxyl groups is 3. The van der Waals surface area contributed by atoms with Gasteiger partial charge in [0.1, 0.15) is 29.9 Å². The molecule has 0 fully saturated rings. The average molecular weight is 618 g/mol. The summed E-state index contributed by atoms with van der Waals surface area (Å²) in [7, 11) is -4.99. The van der Waals surface area contributed by atoms with Crippen LogP contribution in [0.1, 0.15) is 18.1 Å². The molecule has 0 unspecified atom stereocenters. The Morgan fingerprint density at radius 1 is 1.17 bits per heavy atom. The van der Waals surface area contributed by atoms with Crippen LogP contribution in [0.2, 0.25) is 0 Å². The number of H-pyrrole nitrogens is 1. The molecule has 19 heteroatoms. The highest BCUT2D eigenvalue weighted by Gasteiger charge is 2.31. The van der Waals surface area contributed by atoms with E-state index in [0.717, 1.165) is 11.8 Å². The number of carbonyl (C=O) groups excluding carboxylic acids is 1. The minimum Gasteiger partial charge on any atom is -0.480 e. The molecule has 17 nitrogen and oxygen atoms in total. The fraction of sp³-hybridized carbons (Fsp3) is 0.455. The summed E-state index contributed by atoms with van der Waals surface area (Å²) in [5.74, 6) is -2.25. The molecule has 224 valence electrons. The van der Waals surface area contributed by atoms with E-state index in [2.05, 4.69) is 19.8 Å². The number of fused-ring (bicyclic) bond motifs is 2. The largest absolute Gasteiger partial charge is 0.480 e. The fourth-order valence-corrected chi connectivity index (χ4v) is 5.46. The van der Waals surface area contributed by atoms with E-state index in [9.17, 15) is 44.2 Å². The number of aliphatic hydroxyl groups excluding tert-OH is 3. The topological polar surface area (TPSA) is 274 Å². The van der Waals surface area contributed by atoms with Crippen LogP contribution < -0.4 is 16.6 Å². The first-order valence-corrected chi connectivity index (χ1v) is 14.3. The zero-order chi connectivity index (χ0) is 30.8. The molecule has 1 amide bonds. The van der Waals surface area contributed by atoms with E-state index in [1.807, 2.05) is 4.98 Å². The van der Waals surface area contributed by atoms with Crippen molar-refractivity contribution in [3.63, 3.8) is 0 Å². The van der Waals surface area contributed by atoms with E-state index in [4.69, 9.17) is 9.79 Å². The van der Waals surface area contributed by atoms with Gasteiger partial charge in [-0.3, -0.25) is 19.1 Å². The van der Waals surface area contributed by atoms with Crippen molar-refractivity contribution < 1.29 is 48.9 Å². The van der Waals surface area contributed by atoms with Gasteiger partial charge in [0.2, 0.25) is 5.91 Å². The second-order valence-corrected chi connectivity index (χ2v) is 11.4. The Hall–Kier alpha value is -3.22. The number of hydrogen-bond acceptors (Lipinski definition) is 12. The monoisotopic (exact) mass is 617 g/mol. The number of nitrogens with zero attached hydrogens (tertiary/aromatic N) is 3. The third kappa shape index (κ3) is 7.75. The van der Waals surface area contributed by atoms with Crippen LogP contribution in [0.25, 0.3) is 22.6 Å². The summed E-state index contributed by atoms with van der Waals surface area (Å²) in [5, 5.41) is 43.1. The van der Waals surface area contributed by atoms with Crippen LogP contribution in [0.5, 0.6) is 0 Å². The predicted molar refractivity (Wildman–Crippen MR) is 142 cm³/mol. The molecule has 41 heavy (non-hydrogen) atoms. The molecule has 0 bridgehead atoms. The van der Waals surface area contributed by atoms with Gasteiger partial charge in [-0.25, -0.2) is 19.1 Å². The Labute approximate surface area is 234 Å². The molecule has 0 saturated carbocycles. The van der Waals surface area contributed by atoms with Gasteiger partial charge in [0.15, 0.2) is 11.5 Å². The predicted octanol–water partition coefficient (Wildman–Crippen LogP) is -1.93. The van der Waals surface area contributed by atoms with Gasteiger partial charge in [0.25, 0.3) is 5.56 Å². The maximum Gasteiger partial charge on any atom is 0.469 e. The third-order valence-electron chi connectivity index (χ3n) is 6.01. The third-order valence-corrected chi connectivity index (χ3v) is 7.78. The van der Waals surface area contributed by atoms with E-state index in [-0.39, 0.29) is 28.3 Å². The summed E-state index contributed by atoms with van der Waals surface area (Å²) in [6.07, 6.45) is -5.79. The number of thioether (sulfide) groups is 1. The number of amides is 1. The van der Waals surface area contributed by atoms with Crippen molar-refractivity contribution >= 4 is 42.5 Å². The Morgan fingerprint density at radius 3 is 2.41 bits per heavy atom. The second kappa shape index (κ2) is 12.7. The molecule has 3 rings (SSSR count). The molecule has 0 spiro atoms. The Balaban J connectivity index is 2.16. The van der Waals surface area contributed by atoms with Gasteiger partial charge in [-0.1, -0.05) is 0 Å². The molecule has 4 atom stereocenters. The lowest BCUT2D eigenvalue weighted by atomic mass is 10.1. The second-order valence-electron chi connectivity index (χ2n) is 9.10. The number of phosphoric acid groups is 1. The van der Waals surface area contributed by atoms with Crippen molar-refractivity contribution in [2.24, 2.45) is 0 Å². The van der Waals surface area contributed by atoms with Crippen LogP contribution in [-0.4, -0.2) is 98.3 Å². The lowest BCUT2D eigenvalue weighted by molar-refractivity contribution is -0.140. The zero-order valence-electron chi connectivity index (χ0n) is 21.8. The van der Waals surface area contributed by atoms with E-state index in [0.29, 0.717) is 16.0 Å². The first-order chi connectivity index (χ1) is 19.0. The normalized spacial score (nSPS) is 15.0. The van der Waals surface area contributed by atoms with Crippen LogP contribution in [0.3, 0.4) is 0 Å². The number of aromatic nitrogens is 4. The number of benzene rings is 1. The van der Waals surface area contributed by atoms with Crippen molar-refractivity contribution in [3.8, 4) is 11.5 Å². The summed E-state index contributed by atoms with van der Waals surface area (Å²) in [6.45, 7) is 3.00. The van der Waals surface area contributed by atoms with Gasteiger partial charge in [0, 0.05) is 17.6 Å². The van der Waals surface area contributed by atoms with Crippen molar-refractivity contribution in [1.82, 2.24) is 24.8 Å². The highest BCUT2D eigenvalue weighted by Crippen LogP contribution is 2.37. The number of hydrogen-bond donors (Lipinski definition) is 8. The number of aryl methyl sites for hydroxylation is 1. The molecular weight excluding hydrogens is 589 g/mol. The number of carbonyl (C=O) groups is 2. The number of nitrogens with one attached hydrogen (secondary N) is 2. The highest BCUT2D eigenvalue weighted by atomic mass is 32.2. The van der Waals surface area contributed by atoms with Gasteiger partial charge in [0.05, 0.1) is 18.7 Å². The molecule has 8 N–H and O–H groups in total. The van der Waals surface area contributed by atoms with Crippen molar-refractivity contribution in [1.29, 1.82) is 0 Å². The summed E-state index contributed by atoms with van der Waals surface area (Å²) in [5.41, 5.74) is -0.611. The van der Waals surface area contributed by atoms with Gasteiger partial charge in [-0.05, 0) is 31.0 Å². The Morgan fingerprint density at radius 2 is 1.83 bits per heavy atom. The first-order valence-electron chi connectivity index (χ1n) is 11.8. The summed E-state index contributed by atoms with van der Waals surface area (Å²) in [4.78, 5) is 76.2. The van der Waals surface area contributed by atoms with Crippen molar-refractivity contribution in [2.45, 2.75) is 56.6 Å². The summed E-state index contributed by atoms with van der Waals surface area (Å²) >= 11 is 1.03. The first kappa shape index (κ1) is 32.3. The molecule has 2 aliphatic heterocycles. The molecule has 0 aliphatic carbocycles. The minimum atomic E-state index is -4.99. The molecule has 1 aromatic rings. The molecule has 2 aliphatic rings. The molecule has 2 heterocycles. The van der Waals surface area contributed by atoms with E-state index < -0.39 is 68.5 Å². The van der Waals surface area contributed by atoms with Gasteiger partial charge < -0.3 is 40.1 Å². The van der Waals surface area contributed by atoms with Crippen LogP contribution in [-0.2, 0) is 25.2 Å². The van der Waals surface area contributed by atoms with Crippen LogP contribution >= 0.6 is 19.6 Å². The number of rotatable bonds is 12. The Kier molecular flexibility index (Phi) is 10.0. The van der Waals surface area contributed by atoms with E-state index in [1.54, 1.807) is 19.9 Å². The number of aromatic amines is 1. The van der Waals surface area contributed by atoms with Crippen molar-refractivity contribution in [2.75, 3.05) is 12.4 Å². The van der Waals surface area contributed by atoms with E-state index in [1.165, 1.54) is 11.5 Å². The van der Waals surface area contributed by atoms with Crippen LogP contribution in [0.15, 0.2) is 20.6 Å². The van der Waals surface area contributed by atoms with Gasteiger partial charge in [-0.2, -0.15) is 4.98 Å². The highest BCUT2D eigenvalue weighted by molar-refractivity contribution is 7.99. The SMILES string of the molecule is CC(=O)N[C@H](CSc1c(C)c(C)cc2c1nc1c(=O)[nH]c(=O)nc-1n2C[C@H](O)[C@H](O)[C@H](O)COP(=O)(O)O)C(=O)O. The number of phosphoric ester groups is 1. The van der Waals surface area contributed by atoms with Gasteiger partial charge >= 0.3 is 19.5 Å². The maximum absolute atomic E-state index is 12.7. The minimum absolute atomic E-state index is 0.130. The molecule has 0 aromatic heterocycles. The maximum atomic E-state index is 12.7. The lowest BCUT2D eigenvalue weighted by Gasteiger charge is -2.26. The molecule has 0 saturated heterocycles. The summed E-state index contributed by atoms with van der Waals surface area (Å²) in [6, 6.07) is 0.339. The lowest BCUT2D eigenvalue weighted by Crippen LogP contribution is -2.42. The Bertz CT molecular complexity index is 1600. The quantitative estimate of drug-likeness (QED) is 0.0624. The van der Waals surface area contributed by atoms with Crippen LogP contribution in [0.4, 0.5) is 0 Å². The van der Waals surface area contributed by atoms with Crippen LogP contribution in [0, 0.1) is 13.8 Å². The molecule has 0 radical (unpaired) electrons. The number of carboxylic acids is 1. The molecule has 1 aromatic carbocycles. The number of carboxylic acid groups (broad SMARTS) is 1. The van der Waals surface area contributed by atoms with Crippen molar-refractivity contribution in [3.05, 3.63) is 38.0 Å². The zero-order valence-corrected chi connectivity index (χ0v) is 23.5. The van der Waals surface area contributed by atoms with Gasteiger partial charge in [-0.15, -0.1) is 11.8 Å². The summed E-state index contributed by atoms with van der Waals surface area (Å²) < 4.78 is 16.3. The smallest absolute Gasteiger partial charge is 0.469 e. The fourth-order valence-electron chi connectivity index (χ4n) is 3.89. The standard InChI is InChI=1S/C22H28N5O12PS/c1-8-4-12-15(18(9(8)2)41-7-11(21(33)34)23-10(3)28)24-16-19(25-22(35)26-20(16)32)27(12)5-13(29)17(31)14(30)6-39-40(36,37)38/h4,11,13-14,17,29-31H,5-7H2,1-3H3,(H,23,28)(H,33,34)(H,26,32,35)(H2,36,37,38)/t11-,13+,14-,17+/m1/s1. The van der Waals surface area contributed by atoms with E-state index >= 15 is 0 Å². The number of aliphatic carboxylic acids is 1. The molecular formula is C22H28N5O12PS. The average Bonchev–Trinajstić information content (AvgIpc) is 2.86.